The zero-order valence-corrected chi connectivity index (χ0v) is 15.8. The highest BCUT2D eigenvalue weighted by Crippen LogP contribution is 2.37. The molecule has 1 atom stereocenters. The number of rotatable bonds is 7. The van der Waals surface area contributed by atoms with E-state index in [2.05, 4.69) is 6.92 Å². The number of amides is 1. The number of nitrogens with two attached hydrogens (primary N) is 1. The van der Waals surface area contributed by atoms with Gasteiger partial charge in [0.2, 0.25) is 0 Å². The molecule has 0 radical (unpaired) electrons. The van der Waals surface area contributed by atoms with Crippen molar-refractivity contribution >= 4 is 29.9 Å². The van der Waals surface area contributed by atoms with E-state index in [9.17, 15) is 4.79 Å². The number of carbonyl (C=O) groups excluding carboxylic acids is 1. The van der Waals surface area contributed by atoms with Gasteiger partial charge in [0.1, 0.15) is 0 Å². The molecule has 1 aromatic rings. The number of hydrogen-bond acceptors (Lipinski definition) is 4. The minimum atomic E-state index is -0.0572. The Labute approximate surface area is 154 Å². The number of likely N-dealkylation sites (tertiary alicyclic amines) is 1. The van der Waals surface area contributed by atoms with Crippen molar-refractivity contribution in [2.45, 2.75) is 38.6 Å². The molecule has 1 aromatic carbocycles. The predicted octanol–water partition coefficient (Wildman–Crippen LogP) is 3.51. The lowest BCUT2D eigenvalue weighted by molar-refractivity contribution is 0.0740. The van der Waals surface area contributed by atoms with Gasteiger partial charge >= 0.3 is 0 Å². The predicted molar refractivity (Wildman–Crippen MR) is 98.8 cm³/mol. The molecule has 7 heteroatoms. The van der Waals surface area contributed by atoms with Crippen molar-refractivity contribution in [3.63, 3.8) is 0 Å². The van der Waals surface area contributed by atoms with Gasteiger partial charge in [0.05, 0.1) is 18.7 Å². The van der Waals surface area contributed by atoms with Crippen molar-refractivity contribution in [1.82, 2.24) is 4.90 Å². The first kappa shape index (κ1) is 20.9. The fraction of sp³-hybridized carbons (Fsp3) is 0.588. The molecule has 1 aliphatic heterocycles. The SMILES string of the molecule is CCCCOc1c(Cl)cc(C(=O)N2CCCC2CN)cc1OC.Cl. The number of ether oxygens (including phenoxy) is 2. The molecule has 1 unspecified atom stereocenters. The minimum Gasteiger partial charge on any atom is -0.493 e. The number of hydrogen-bond donors (Lipinski definition) is 1. The molecule has 2 N–H and O–H groups in total. The van der Waals surface area contributed by atoms with Crippen LogP contribution >= 0.6 is 24.0 Å². The average Bonchev–Trinajstić information content (AvgIpc) is 3.03. The van der Waals surface area contributed by atoms with E-state index in [0.717, 1.165) is 32.2 Å². The zero-order chi connectivity index (χ0) is 16.8. The third-order valence-electron chi connectivity index (χ3n) is 4.13. The van der Waals surface area contributed by atoms with Crippen LogP contribution < -0.4 is 15.2 Å². The molecule has 0 saturated carbocycles. The highest BCUT2D eigenvalue weighted by molar-refractivity contribution is 6.32. The van der Waals surface area contributed by atoms with Crippen molar-refractivity contribution in [3.05, 3.63) is 22.7 Å². The number of methoxy groups -OCH3 is 1. The maximum Gasteiger partial charge on any atom is 0.254 e. The van der Waals surface area contributed by atoms with Gasteiger partial charge in [-0.15, -0.1) is 12.4 Å². The largest absolute Gasteiger partial charge is 0.493 e. The Morgan fingerprint density at radius 1 is 1.46 bits per heavy atom. The van der Waals surface area contributed by atoms with Crippen LogP contribution in [0.25, 0.3) is 0 Å². The summed E-state index contributed by atoms with van der Waals surface area (Å²) in [6.45, 7) is 3.87. The second-order valence-electron chi connectivity index (χ2n) is 5.72. The fourth-order valence-electron chi connectivity index (χ4n) is 2.82. The molecule has 1 fully saturated rings. The lowest BCUT2D eigenvalue weighted by atomic mass is 10.1. The van der Waals surface area contributed by atoms with Gasteiger partial charge in [0.15, 0.2) is 11.5 Å². The Balaban J connectivity index is 0.00000288. The van der Waals surface area contributed by atoms with Crippen molar-refractivity contribution in [2.75, 3.05) is 26.8 Å². The number of benzene rings is 1. The van der Waals surface area contributed by atoms with E-state index < -0.39 is 0 Å². The molecule has 0 bridgehead atoms. The minimum absolute atomic E-state index is 0. The molecule has 5 nitrogen and oxygen atoms in total. The lowest BCUT2D eigenvalue weighted by Gasteiger charge is -2.24. The summed E-state index contributed by atoms with van der Waals surface area (Å²) in [5, 5.41) is 0.396. The van der Waals surface area contributed by atoms with E-state index in [-0.39, 0.29) is 24.4 Å². The Hall–Kier alpha value is -1.17. The van der Waals surface area contributed by atoms with Gasteiger partial charge in [-0.05, 0) is 31.4 Å². The lowest BCUT2D eigenvalue weighted by Crippen LogP contribution is -2.39. The second-order valence-corrected chi connectivity index (χ2v) is 6.13. The third kappa shape index (κ3) is 4.68. The maximum atomic E-state index is 12.7. The van der Waals surface area contributed by atoms with Crippen LogP contribution in [-0.2, 0) is 0 Å². The smallest absolute Gasteiger partial charge is 0.254 e. The summed E-state index contributed by atoms with van der Waals surface area (Å²) in [5.74, 6) is 0.926. The monoisotopic (exact) mass is 376 g/mol. The summed E-state index contributed by atoms with van der Waals surface area (Å²) in [6, 6.07) is 3.45. The van der Waals surface area contributed by atoms with Gasteiger partial charge < -0.3 is 20.1 Å². The quantitative estimate of drug-likeness (QED) is 0.739. The highest BCUT2D eigenvalue weighted by Gasteiger charge is 2.29. The molecule has 0 aromatic heterocycles. The first-order valence-electron chi connectivity index (χ1n) is 8.13. The van der Waals surface area contributed by atoms with Crippen LogP contribution in [0, 0.1) is 0 Å². The van der Waals surface area contributed by atoms with Crippen LogP contribution in [0.4, 0.5) is 0 Å². The molecule has 1 saturated heterocycles. The normalized spacial score (nSPS) is 16.7. The molecule has 136 valence electrons. The van der Waals surface area contributed by atoms with E-state index in [1.54, 1.807) is 19.2 Å². The van der Waals surface area contributed by atoms with Gasteiger partial charge in [-0.25, -0.2) is 0 Å². The van der Waals surface area contributed by atoms with Crippen LogP contribution in [0.15, 0.2) is 12.1 Å². The first-order chi connectivity index (χ1) is 11.1. The van der Waals surface area contributed by atoms with E-state index in [0.29, 0.717) is 35.2 Å². The average molecular weight is 377 g/mol. The van der Waals surface area contributed by atoms with E-state index in [1.807, 2.05) is 4.90 Å². The molecule has 24 heavy (non-hydrogen) atoms. The number of unbranched alkanes of at least 4 members (excludes halogenated alkanes) is 1. The highest BCUT2D eigenvalue weighted by atomic mass is 35.5. The molecule has 1 aliphatic rings. The van der Waals surface area contributed by atoms with Crippen molar-refractivity contribution in [3.8, 4) is 11.5 Å². The molecule has 1 amide bonds. The Kier molecular flexibility index (Phi) is 8.67. The van der Waals surface area contributed by atoms with Crippen LogP contribution in [-0.4, -0.2) is 43.7 Å². The molecule has 1 heterocycles. The van der Waals surface area contributed by atoms with Crippen LogP contribution in [0.2, 0.25) is 5.02 Å². The summed E-state index contributed by atoms with van der Waals surface area (Å²) in [6.07, 6.45) is 3.90. The van der Waals surface area contributed by atoms with Crippen LogP contribution in [0.1, 0.15) is 43.0 Å². The van der Waals surface area contributed by atoms with Gasteiger partial charge in [0.25, 0.3) is 5.91 Å². The van der Waals surface area contributed by atoms with Gasteiger partial charge in [-0.3, -0.25) is 4.79 Å². The topological polar surface area (TPSA) is 64.8 Å². The summed E-state index contributed by atoms with van der Waals surface area (Å²) < 4.78 is 11.1. The van der Waals surface area contributed by atoms with E-state index >= 15 is 0 Å². The number of carbonyl (C=O) groups is 1. The Morgan fingerprint density at radius 3 is 2.83 bits per heavy atom. The van der Waals surface area contributed by atoms with Crippen LogP contribution in [0.5, 0.6) is 11.5 Å². The van der Waals surface area contributed by atoms with Crippen LogP contribution in [0.3, 0.4) is 0 Å². The van der Waals surface area contributed by atoms with Gasteiger partial charge in [-0.1, -0.05) is 24.9 Å². The van der Waals surface area contributed by atoms with Gasteiger partial charge in [-0.2, -0.15) is 0 Å². The van der Waals surface area contributed by atoms with E-state index in [1.165, 1.54) is 0 Å². The van der Waals surface area contributed by atoms with Crippen molar-refractivity contribution in [1.29, 1.82) is 0 Å². The molecule has 0 spiro atoms. The fourth-order valence-corrected chi connectivity index (χ4v) is 3.08. The summed E-state index contributed by atoms with van der Waals surface area (Å²) in [5.41, 5.74) is 6.26. The zero-order valence-electron chi connectivity index (χ0n) is 14.2. The maximum absolute atomic E-state index is 12.7. The van der Waals surface area contributed by atoms with E-state index in [4.69, 9.17) is 26.8 Å². The third-order valence-corrected chi connectivity index (χ3v) is 4.41. The molecular formula is C17H26Cl2N2O3. The van der Waals surface area contributed by atoms with Gasteiger partial charge in [0, 0.05) is 24.7 Å². The molecule has 0 aliphatic carbocycles. The van der Waals surface area contributed by atoms with Crippen molar-refractivity contribution < 1.29 is 14.3 Å². The second kappa shape index (κ2) is 9.97. The molecule has 2 rings (SSSR count). The summed E-state index contributed by atoms with van der Waals surface area (Å²) >= 11 is 6.31. The summed E-state index contributed by atoms with van der Waals surface area (Å²) in [4.78, 5) is 14.5. The number of nitrogens with zero attached hydrogens (tertiary/aromatic N) is 1. The van der Waals surface area contributed by atoms with Crippen molar-refractivity contribution in [2.24, 2.45) is 5.73 Å². The Morgan fingerprint density at radius 2 is 2.21 bits per heavy atom. The Bertz CT molecular complexity index is 555. The standard InChI is InChI=1S/C17H25ClN2O3.ClH/c1-3-4-8-23-16-14(18)9-12(10-15(16)22-2)17(21)20-7-5-6-13(20)11-19;/h9-10,13H,3-8,11,19H2,1-2H3;1H. The summed E-state index contributed by atoms with van der Waals surface area (Å²) in [7, 11) is 1.55. The first-order valence-corrected chi connectivity index (χ1v) is 8.51. The number of halogens is 2. The molecular weight excluding hydrogens is 351 g/mol.